The molecule has 3 aromatic rings. The highest BCUT2D eigenvalue weighted by molar-refractivity contribution is 5.73. The molecule has 9 nitrogen and oxygen atoms in total. The third kappa shape index (κ3) is 4.72. The van der Waals surface area contributed by atoms with Crippen molar-refractivity contribution >= 4 is 6.03 Å². The van der Waals surface area contributed by atoms with Crippen LogP contribution in [-0.4, -0.2) is 40.2 Å². The van der Waals surface area contributed by atoms with Gasteiger partial charge in [-0.3, -0.25) is 4.98 Å². The number of pyridine rings is 1. The zero-order valence-electron chi connectivity index (χ0n) is 15.0. The number of nitrogens with one attached hydrogen (secondary N) is 2. The topological polar surface area (TPSA) is 103 Å². The van der Waals surface area contributed by atoms with Crippen LogP contribution in [-0.2, 0) is 13.1 Å². The number of hydrogen-bond acceptors (Lipinski definition) is 6. The third-order valence-electron chi connectivity index (χ3n) is 3.80. The van der Waals surface area contributed by atoms with Crippen LogP contribution in [0.25, 0.3) is 5.69 Å². The highest BCUT2D eigenvalue weighted by Crippen LogP contribution is 2.27. The number of rotatable bonds is 7. The number of urea groups is 1. The molecular weight excluding hydrogens is 348 g/mol. The predicted molar refractivity (Wildman–Crippen MR) is 97.8 cm³/mol. The number of nitrogens with zero attached hydrogens (tertiary/aromatic N) is 4. The van der Waals surface area contributed by atoms with Gasteiger partial charge in [-0.1, -0.05) is 11.3 Å². The summed E-state index contributed by atoms with van der Waals surface area (Å²) in [4.78, 5) is 16.0. The smallest absolute Gasteiger partial charge is 0.315 e. The molecule has 140 valence electrons. The van der Waals surface area contributed by atoms with Crippen LogP contribution >= 0.6 is 0 Å². The minimum atomic E-state index is -0.303. The monoisotopic (exact) mass is 368 g/mol. The van der Waals surface area contributed by atoms with Gasteiger partial charge in [-0.15, -0.1) is 5.10 Å². The summed E-state index contributed by atoms with van der Waals surface area (Å²) in [7, 11) is 3.15. The van der Waals surface area contributed by atoms with Crippen LogP contribution in [0.4, 0.5) is 4.79 Å². The van der Waals surface area contributed by atoms with Crippen LogP contribution in [0, 0.1) is 0 Å². The van der Waals surface area contributed by atoms with E-state index in [4.69, 9.17) is 9.47 Å². The number of methoxy groups -OCH3 is 2. The molecule has 0 bridgehead atoms. The molecule has 3 rings (SSSR count). The van der Waals surface area contributed by atoms with Gasteiger partial charge in [0.05, 0.1) is 32.6 Å². The Balaban J connectivity index is 1.50. The highest BCUT2D eigenvalue weighted by atomic mass is 16.5. The molecule has 0 aliphatic heterocycles. The lowest BCUT2D eigenvalue weighted by Crippen LogP contribution is -2.34. The van der Waals surface area contributed by atoms with Gasteiger partial charge in [0, 0.05) is 18.9 Å². The van der Waals surface area contributed by atoms with Gasteiger partial charge in [0.25, 0.3) is 0 Å². The first-order chi connectivity index (χ1) is 13.2. The number of carbonyl (C=O) groups excluding carboxylic acids is 1. The fraction of sp³-hybridized carbons (Fsp3) is 0.222. The molecule has 9 heteroatoms. The minimum Gasteiger partial charge on any atom is -0.493 e. The molecule has 0 atom stereocenters. The summed E-state index contributed by atoms with van der Waals surface area (Å²) in [6.45, 7) is 0.624. The number of carbonyl (C=O) groups is 1. The second-order valence-electron chi connectivity index (χ2n) is 5.59. The van der Waals surface area contributed by atoms with Crippen molar-refractivity contribution in [2.24, 2.45) is 0 Å². The van der Waals surface area contributed by atoms with E-state index < -0.39 is 0 Å². The highest BCUT2D eigenvalue weighted by Gasteiger charge is 2.07. The summed E-state index contributed by atoms with van der Waals surface area (Å²) in [6.07, 6.45) is 5.11. The fourth-order valence-corrected chi connectivity index (χ4v) is 2.41. The third-order valence-corrected chi connectivity index (χ3v) is 3.80. The first kappa shape index (κ1) is 18.2. The van der Waals surface area contributed by atoms with E-state index in [1.54, 1.807) is 43.6 Å². The van der Waals surface area contributed by atoms with Crippen LogP contribution < -0.4 is 20.1 Å². The summed E-state index contributed by atoms with van der Waals surface area (Å²) in [5.41, 5.74) is 2.39. The van der Waals surface area contributed by atoms with Gasteiger partial charge in [0.2, 0.25) is 0 Å². The summed E-state index contributed by atoms with van der Waals surface area (Å²) in [5, 5.41) is 13.6. The maximum Gasteiger partial charge on any atom is 0.315 e. The van der Waals surface area contributed by atoms with Crippen molar-refractivity contribution in [1.82, 2.24) is 30.6 Å². The molecule has 0 saturated heterocycles. The molecule has 0 spiro atoms. The minimum absolute atomic E-state index is 0.267. The zero-order chi connectivity index (χ0) is 19.1. The molecule has 0 saturated carbocycles. The van der Waals surface area contributed by atoms with Gasteiger partial charge in [-0.2, -0.15) is 0 Å². The number of benzene rings is 1. The van der Waals surface area contributed by atoms with Crippen LogP contribution in [0.1, 0.15) is 11.3 Å². The van der Waals surface area contributed by atoms with E-state index >= 15 is 0 Å². The van der Waals surface area contributed by atoms with Crippen molar-refractivity contribution in [3.05, 3.63) is 60.2 Å². The predicted octanol–water partition coefficient (Wildman–Crippen LogP) is 1.68. The van der Waals surface area contributed by atoms with Crippen molar-refractivity contribution in [2.75, 3.05) is 14.2 Å². The van der Waals surface area contributed by atoms with Crippen LogP contribution in [0.3, 0.4) is 0 Å². The van der Waals surface area contributed by atoms with Gasteiger partial charge in [0.15, 0.2) is 11.5 Å². The Morgan fingerprint density at radius 1 is 1.04 bits per heavy atom. The molecule has 2 heterocycles. The maximum absolute atomic E-state index is 12.0. The Morgan fingerprint density at radius 3 is 2.52 bits per heavy atom. The molecule has 2 amide bonds. The van der Waals surface area contributed by atoms with E-state index in [0.717, 1.165) is 11.3 Å². The lowest BCUT2D eigenvalue weighted by molar-refractivity contribution is 0.240. The van der Waals surface area contributed by atoms with Crippen molar-refractivity contribution in [1.29, 1.82) is 0 Å². The summed E-state index contributed by atoms with van der Waals surface area (Å²) >= 11 is 0. The fourth-order valence-electron chi connectivity index (χ4n) is 2.41. The van der Waals surface area contributed by atoms with Gasteiger partial charge in [0.1, 0.15) is 5.69 Å². The SMILES string of the molecule is COc1ccc(CNC(=O)NCc2cn(-c3ccncc3)nn2)cc1OC. The quantitative estimate of drug-likeness (QED) is 0.658. The lowest BCUT2D eigenvalue weighted by Gasteiger charge is -2.10. The maximum atomic E-state index is 12.0. The first-order valence-corrected chi connectivity index (χ1v) is 8.24. The second kappa shape index (κ2) is 8.65. The van der Waals surface area contributed by atoms with Gasteiger partial charge in [-0.05, 0) is 29.8 Å². The molecule has 2 aromatic heterocycles. The van der Waals surface area contributed by atoms with E-state index in [1.165, 1.54) is 0 Å². The molecule has 2 N–H and O–H groups in total. The summed E-state index contributed by atoms with van der Waals surface area (Å²) in [6, 6.07) is 8.82. The average molecular weight is 368 g/mol. The molecule has 0 unspecified atom stereocenters. The summed E-state index contributed by atoms with van der Waals surface area (Å²) in [5.74, 6) is 1.26. The van der Waals surface area contributed by atoms with Crippen LogP contribution in [0.15, 0.2) is 48.9 Å². The molecule has 0 fully saturated rings. The summed E-state index contributed by atoms with van der Waals surface area (Å²) < 4.78 is 12.1. The van der Waals surface area contributed by atoms with E-state index in [9.17, 15) is 4.79 Å². The van der Waals surface area contributed by atoms with Gasteiger partial charge in [-0.25, -0.2) is 9.48 Å². The Labute approximate surface area is 156 Å². The van der Waals surface area contributed by atoms with Crippen molar-refractivity contribution < 1.29 is 14.3 Å². The number of amides is 2. The van der Waals surface area contributed by atoms with E-state index in [1.807, 2.05) is 24.3 Å². The first-order valence-electron chi connectivity index (χ1n) is 8.24. The van der Waals surface area contributed by atoms with E-state index in [-0.39, 0.29) is 12.6 Å². The number of hydrogen-bond donors (Lipinski definition) is 2. The van der Waals surface area contributed by atoms with Crippen LogP contribution in [0.5, 0.6) is 11.5 Å². The largest absolute Gasteiger partial charge is 0.493 e. The molecule has 27 heavy (non-hydrogen) atoms. The Hall–Kier alpha value is -3.62. The zero-order valence-corrected chi connectivity index (χ0v) is 15.0. The lowest BCUT2D eigenvalue weighted by atomic mass is 10.2. The number of aromatic nitrogens is 4. The van der Waals surface area contributed by atoms with Crippen molar-refractivity contribution in [3.8, 4) is 17.2 Å². The molecule has 0 aliphatic rings. The normalized spacial score (nSPS) is 10.3. The Bertz CT molecular complexity index is 897. The average Bonchev–Trinajstić information content (AvgIpc) is 3.20. The van der Waals surface area contributed by atoms with Gasteiger partial charge < -0.3 is 20.1 Å². The molecular formula is C18H20N6O3. The van der Waals surface area contributed by atoms with Gasteiger partial charge >= 0.3 is 6.03 Å². The number of ether oxygens (including phenoxy) is 2. The van der Waals surface area contributed by atoms with Crippen LogP contribution in [0.2, 0.25) is 0 Å². The Morgan fingerprint density at radius 2 is 1.78 bits per heavy atom. The second-order valence-corrected chi connectivity index (χ2v) is 5.59. The standard InChI is InChI=1S/C18H20N6O3/c1-26-16-4-3-13(9-17(16)27-2)10-20-18(25)21-11-14-12-24(23-22-14)15-5-7-19-8-6-15/h3-9,12H,10-11H2,1-2H3,(H2,20,21,25). The molecule has 0 aliphatic carbocycles. The molecule has 0 radical (unpaired) electrons. The Kier molecular flexibility index (Phi) is 5.83. The van der Waals surface area contributed by atoms with Crippen molar-refractivity contribution in [2.45, 2.75) is 13.1 Å². The van der Waals surface area contributed by atoms with E-state index in [2.05, 4.69) is 25.9 Å². The van der Waals surface area contributed by atoms with E-state index in [0.29, 0.717) is 23.7 Å². The molecule has 1 aromatic carbocycles. The van der Waals surface area contributed by atoms with Crippen molar-refractivity contribution in [3.63, 3.8) is 0 Å².